The van der Waals surface area contributed by atoms with Crippen molar-refractivity contribution in [2.24, 2.45) is 5.92 Å². The Bertz CT molecular complexity index is 685. The van der Waals surface area contributed by atoms with Crippen molar-refractivity contribution in [3.63, 3.8) is 0 Å². The molecule has 0 aromatic carbocycles. The molecule has 0 aliphatic carbocycles. The molecule has 1 aromatic rings. The standard InChI is InChI=1S/C16H25N3O4S/c1-11-15(12(2)23-18-11)9-17-16(20)13-3-6-19(7-4-13)14-5-8-24(21,22)10-14/h13-14H,3-10H2,1-2H3,(H,17,20). The molecule has 3 heterocycles. The first-order valence-corrected chi connectivity index (χ1v) is 10.3. The summed E-state index contributed by atoms with van der Waals surface area (Å²) in [4.78, 5) is 14.6. The second kappa shape index (κ2) is 6.84. The van der Waals surface area contributed by atoms with Gasteiger partial charge in [-0.05, 0) is 46.2 Å². The smallest absolute Gasteiger partial charge is 0.223 e. The summed E-state index contributed by atoms with van der Waals surface area (Å²) in [5, 5.41) is 6.87. The molecule has 8 heteroatoms. The topological polar surface area (TPSA) is 92.5 Å². The summed E-state index contributed by atoms with van der Waals surface area (Å²) < 4.78 is 28.3. The van der Waals surface area contributed by atoms with Crippen molar-refractivity contribution >= 4 is 15.7 Å². The van der Waals surface area contributed by atoms with Gasteiger partial charge in [-0.3, -0.25) is 9.69 Å². The molecule has 1 unspecified atom stereocenters. The summed E-state index contributed by atoms with van der Waals surface area (Å²) in [5.74, 6) is 1.38. The Morgan fingerprint density at radius 3 is 2.54 bits per heavy atom. The Balaban J connectivity index is 1.47. The molecule has 0 spiro atoms. The number of amides is 1. The molecular weight excluding hydrogens is 330 g/mol. The Kier molecular flexibility index (Phi) is 4.96. The molecule has 7 nitrogen and oxygen atoms in total. The van der Waals surface area contributed by atoms with Gasteiger partial charge in [-0.2, -0.15) is 0 Å². The van der Waals surface area contributed by atoms with Gasteiger partial charge in [0, 0.05) is 24.1 Å². The maximum absolute atomic E-state index is 12.4. The summed E-state index contributed by atoms with van der Waals surface area (Å²) in [6, 6.07) is 0.140. The van der Waals surface area contributed by atoms with Crippen LogP contribution < -0.4 is 5.32 Å². The third-order valence-corrected chi connectivity index (χ3v) is 7.00. The number of hydrogen-bond donors (Lipinski definition) is 1. The van der Waals surface area contributed by atoms with Crippen LogP contribution in [0, 0.1) is 19.8 Å². The molecule has 2 saturated heterocycles. The molecule has 2 aliphatic rings. The summed E-state index contributed by atoms with van der Waals surface area (Å²) >= 11 is 0. The molecule has 0 saturated carbocycles. The van der Waals surface area contributed by atoms with E-state index >= 15 is 0 Å². The summed E-state index contributed by atoms with van der Waals surface area (Å²) in [7, 11) is -2.85. The highest BCUT2D eigenvalue weighted by molar-refractivity contribution is 7.91. The van der Waals surface area contributed by atoms with Crippen LogP contribution in [0.25, 0.3) is 0 Å². The minimum absolute atomic E-state index is 0.000248. The van der Waals surface area contributed by atoms with Crippen molar-refractivity contribution in [2.75, 3.05) is 24.6 Å². The summed E-state index contributed by atoms with van der Waals surface area (Å²) in [6.45, 7) is 5.75. The van der Waals surface area contributed by atoms with Crippen LogP contribution in [0.4, 0.5) is 0 Å². The highest BCUT2D eigenvalue weighted by atomic mass is 32.2. The quantitative estimate of drug-likeness (QED) is 0.859. The average Bonchev–Trinajstić information content (AvgIpc) is 3.07. The third-order valence-electron chi connectivity index (χ3n) is 5.25. The van der Waals surface area contributed by atoms with Crippen LogP contribution in [0.2, 0.25) is 0 Å². The number of nitrogens with zero attached hydrogens (tertiary/aromatic N) is 2. The fourth-order valence-electron chi connectivity index (χ4n) is 3.66. The zero-order valence-electron chi connectivity index (χ0n) is 14.2. The molecule has 1 atom stereocenters. The normalized spacial score (nSPS) is 25.0. The van der Waals surface area contributed by atoms with E-state index in [1.807, 2.05) is 13.8 Å². The largest absolute Gasteiger partial charge is 0.361 e. The molecule has 2 fully saturated rings. The van der Waals surface area contributed by atoms with E-state index in [4.69, 9.17) is 4.52 Å². The van der Waals surface area contributed by atoms with Crippen molar-refractivity contribution in [1.82, 2.24) is 15.4 Å². The molecular formula is C16H25N3O4S. The van der Waals surface area contributed by atoms with E-state index in [-0.39, 0.29) is 23.6 Å². The molecule has 1 aromatic heterocycles. The third kappa shape index (κ3) is 3.80. The lowest BCUT2D eigenvalue weighted by Crippen LogP contribution is -2.45. The van der Waals surface area contributed by atoms with Crippen LogP contribution in [0.1, 0.15) is 36.3 Å². The number of likely N-dealkylation sites (tertiary alicyclic amines) is 1. The molecule has 134 valence electrons. The maximum Gasteiger partial charge on any atom is 0.223 e. The Labute approximate surface area is 142 Å². The first-order valence-electron chi connectivity index (χ1n) is 8.49. The van der Waals surface area contributed by atoms with Crippen molar-refractivity contribution in [2.45, 2.75) is 45.7 Å². The second-order valence-electron chi connectivity index (χ2n) is 6.89. The van der Waals surface area contributed by atoms with Crippen molar-refractivity contribution in [3.8, 4) is 0 Å². The first-order chi connectivity index (χ1) is 11.4. The second-order valence-corrected chi connectivity index (χ2v) is 9.12. The van der Waals surface area contributed by atoms with Gasteiger partial charge in [0.1, 0.15) is 5.76 Å². The average molecular weight is 355 g/mol. The number of carbonyl (C=O) groups is 1. The summed E-state index contributed by atoms with van der Waals surface area (Å²) in [5.41, 5.74) is 1.75. The molecule has 0 radical (unpaired) electrons. The lowest BCUT2D eigenvalue weighted by molar-refractivity contribution is -0.126. The predicted octanol–water partition coefficient (Wildman–Crippen LogP) is 0.807. The van der Waals surface area contributed by atoms with Gasteiger partial charge in [0.05, 0.1) is 17.2 Å². The number of nitrogens with one attached hydrogen (secondary N) is 1. The van der Waals surface area contributed by atoms with Gasteiger partial charge >= 0.3 is 0 Å². The van der Waals surface area contributed by atoms with Gasteiger partial charge in [0.25, 0.3) is 0 Å². The maximum atomic E-state index is 12.4. The zero-order chi connectivity index (χ0) is 17.3. The van der Waals surface area contributed by atoms with E-state index in [0.717, 1.165) is 49.4 Å². The number of aryl methyl sites for hydroxylation is 2. The van der Waals surface area contributed by atoms with Crippen molar-refractivity contribution in [1.29, 1.82) is 0 Å². The number of hydrogen-bond acceptors (Lipinski definition) is 6. The Morgan fingerprint density at radius 2 is 2.00 bits per heavy atom. The minimum atomic E-state index is -2.85. The minimum Gasteiger partial charge on any atom is -0.361 e. The fourth-order valence-corrected chi connectivity index (χ4v) is 5.43. The summed E-state index contributed by atoms with van der Waals surface area (Å²) in [6.07, 6.45) is 2.29. The molecule has 3 rings (SSSR count). The fraction of sp³-hybridized carbons (Fsp3) is 0.750. The van der Waals surface area contributed by atoms with Crippen molar-refractivity contribution in [3.05, 3.63) is 17.0 Å². The van der Waals surface area contributed by atoms with E-state index < -0.39 is 9.84 Å². The van der Waals surface area contributed by atoms with Gasteiger partial charge in [-0.15, -0.1) is 0 Å². The molecule has 2 aliphatic heterocycles. The van der Waals surface area contributed by atoms with E-state index in [1.165, 1.54) is 0 Å². The number of carbonyl (C=O) groups excluding carboxylic acids is 1. The van der Waals surface area contributed by atoms with E-state index in [0.29, 0.717) is 12.3 Å². The molecule has 24 heavy (non-hydrogen) atoms. The van der Waals surface area contributed by atoms with E-state index in [9.17, 15) is 13.2 Å². The van der Waals surface area contributed by atoms with E-state index in [1.54, 1.807) is 0 Å². The van der Waals surface area contributed by atoms with Gasteiger partial charge in [0.2, 0.25) is 5.91 Å². The Morgan fingerprint density at radius 1 is 1.29 bits per heavy atom. The molecule has 0 bridgehead atoms. The zero-order valence-corrected chi connectivity index (χ0v) is 15.1. The first kappa shape index (κ1) is 17.4. The van der Waals surface area contributed by atoms with Gasteiger partial charge in [0.15, 0.2) is 9.84 Å². The Hall–Kier alpha value is -1.41. The highest BCUT2D eigenvalue weighted by Crippen LogP contribution is 2.24. The van der Waals surface area contributed by atoms with Gasteiger partial charge in [-0.1, -0.05) is 5.16 Å². The number of piperidine rings is 1. The van der Waals surface area contributed by atoms with Crippen LogP contribution in [-0.2, 0) is 21.2 Å². The van der Waals surface area contributed by atoms with Crippen molar-refractivity contribution < 1.29 is 17.7 Å². The van der Waals surface area contributed by atoms with Gasteiger partial charge < -0.3 is 9.84 Å². The SMILES string of the molecule is Cc1noc(C)c1CNC(=O)C1CCN(C2CCS(=O)(=O)C2)CC1. The number of rotatable bonds is 4. The molecule has 1 N–H and O–H groups in total. The van der Waals surface area contributed by atoms with Crippen LogP contribution >= 0.6 is 0 Å². The lowest BCUT2D eigenvalue weighted by atomic mass is 9.94. The number of aromatic nitrogens is 1. The lowest BCUT2D eigenvalue weighted by Gasteiger charge is -2.34. The van der Waals surface area contributed by atoms with Gasteiger partial charge in [-0.25, -0.2) is 8.42 Å². The van der Waals surface area contributed by atoms with Crippen LogP contribution in [-0.4, -0.2) is 55.0 Å². The van der Waals surface area contributed by atoms with Crippen LogP contribution in [0.3, 0.4) is 0 Å². The van der Waals surface area contributed by atoms with E-state index in [2.05, 4.69) is 15.4 Å². The van der Waals surface area contributed by atoms with Crippen LogP contribution in [0.15, 0.2) is 4.52 Å². The highest BCUT2D eigenvalue weighted by Gasteiger charge is 2.35. The number of sulfone groups is 1. The van der Waals surface area contributed by atoms with Crippen LogP contribution in [0.5, 0.6) is 0 Å². The molecule has 1 amide bonds. The monoisotopic (exact) mass is 355 g/mol. The predicted molar refractivity (Wildman–Crippen MR) is 89.2 cm³/mol.